The van der Waals surface area contributed by atoms with Crippen LogP contribution in [0.1, 0.15) is 12.5 Å². The summed E-state index contributed by atoms with van der Waals surface area (Å²) in [5.41, 5.74) is 0.895. The zero-order valence-electron chi connectivity index (χ0n) is 15.3. The molecule has 0 saturated carbocycles. The first-order valence-electron chi connectivity index (χ1n) is 8.56. The number of carbonyl (C=O) groups excluding carboxylic acids is 1. The number of amides is 1. The standard InChI is InChI=1S/C19H22N2O6S/c1-14(19(23)24)21-18(22)13-27-16-9-7-15(8-10-16)11-12-20-28(25,26)17-5-3-2-4-6-17/h2-10,14,20H,11-13H2,1H3,(H,21,22)(H,23,24)/t14-/m1/s1. The molecular formula is C19H22N2O6S. The minimum atomic E-state index is -3.53. The van der Waals surface area contributed by atoms with E-state index in [2.05, 4.69) is 10.0 Å². The van der Waals surface area contributed by atoms with E-state index in [0.29, 0.717) is 12.2 Å². The van der Waals surface area contributed by atoms with E-state index in [0.717, 1.165) is 5.56 Å². The van der Waals surface area contributed by atoms with Crippen LogP contribution in [0.15, 0.2) is 59.5 Å². The van der Waals surface area contributed by atoms with Crippen molar-refractivity contribution in [3.05, 3.63) is 60.2 Å². The lowest BCUT2D eigenvalue weighted by Gasteiger charge is -2.11. The highest BCUT2D eigenvalue weighted by molar-refractivity contribution is 7.89. The van der Waals surface area contributed by atoms with Crippen LogP contribution in [-0.4, -0.2) is 44.6 Å². The molecule has 0 radical (unpaired) electrons. The normalized spacial score (nSPS) is 12.2. The van der Waals surface area contributed by atoms with Gasteiger partial charge in [0.1, 0.15) is 11.8 Å². The predicted molar refractivity (Wildman–Crippen MR) is 103 cm³/mol. The molecule has 2 rings (SSSR count). The second kappa shape index (κ2) is 9.86. The Morgan fingerprint density at radius 2 is 1.71 bits per heavy atom. The Balaban J connectivity index is 1.78. The van der Waals surface area contributed by atoms with E-state index in [4.69, 9.17) is 9.84 Å². The van der Waals surface area contributed by atoms with Gasteiger partial charge in [0.25, 0.3) is 5.91 Å². The van der Waals surface area contributed by atoms with Crippen LogP contribution >= 0.6 is 0 Å². The maximum absolute atomic E-state index is 12.1. The summed E-state index contributed by atoms with van der Waals surface area (Å²) in [6, 6.07) is 14.0. The van der Waals surface area contributed by atoms with Gasteiger partial charge in [0.2, 0.25) is 10.0 Å². The molecule has 2 aromatic carbocycles. The van der Waals surface area contributed by atoms with Gasteiger partial charge in [0.05, 0.1) is 4.90 Å². The van der Waals surface area contributed by atoms with E-state index in [1.54, 1.807) is 42.5 Å². The van der Waals surface area contributed by atoms with E-state index in [-0.39, 0.29) is 18.0 Å². The molecule has 0 spiro atoms. The van der Waals surface area contributed by atoms with Crippen molar-refractivity contribution in [1.29, 1.82) is 0 Å². The van der Waals surface area contributed by atoms with Crippen molar-refractivity contribution in [1.82, 2.24) is 10.0 Å². The molecule has 150 valence electrons. The van der Waals surface area contributed by atoms with Crippen molar-refractivity contribution in [2.24, 2.45) is 0 Å². The van der Waals surface area contributed by atoms with Crippen LogP contribution in [0.5, 0.6) is 5.75 Å². The lowest BCUT2D eigenvalue weighted by atomic mass is 10.1. The molecular weight excluding hydrogens is 384 g/mol. The topological polar surface area (TPSA) is 122 Å². The fourth-order valence-corrected chi connectivity index (χ4v) is 3.31. The summed E-state index contributed by atoms with van der Waals surface area (Å²) >= 11 is 0. The lowest BCUT2D eigenvalue weighted by molar-refractivity contribution is -0.141. The first kappa shape index (κ1) is 21.4. The molecule has 9 heteroatoms. The number of ether oxygens (including phenoxy) is 1. The fraction of sp³-hybridized carbons (Fsp3) is 0.263. The Kier molecular flexibility index (Phi) is 7.53. The summed E-state index contributed by atoms with van der Waals surface area (Å²) in [4.78, 5) is 22.5. The molecule has 1 atom stereocenters. The molecule has 0 bridgehead atoms. The average Bonchev–Trinajstić information content (AvgIpc) is 2.68. The quantitative estimate of drug-likeness (QED) is 0.545. The number of carboxylic acid groups (broad SMARTS) is 1. The Morgan fingerprint density at radius 3 is 2.32 bits per heavy atom. The number of hydrogen-bond acceptors (Lipinski definition) is 5. The molecule has 0 saturated heterocycles. The zero-order valence-corrected chi connectivity index (χ0v) is 16.1. The molecule has 0 heterocycles. The molecule has 0 aliphatic rings. The molecule has 0 aliphatic carbocycles. The fourth-order valence-electron chi connectivity index (χ4n) is 2.26. The molecule has 2 aromatic rings. The van der Waals surface area contributed by atoms with Crippen molar-refractivity contribution in [3.8, 4) is 5.75 Å². The third-order valence-corrected chi connectivity index (χ3v) is 5.28. The van der Waals surface area contributed by atoms with Crippen LogP contribution in [0.3, 0.4) is 0 Å². The SMILES string of the molecule is C[C@@H](NC(=O)COc1ccc(CCNS(=O)(=O)c2ccccc2)cc1)C(=O)O. The second-order valence-electron chi connectivity index (χ2n) is 6.02. The number of nitrogens with one attached hydrogen (secondary N) is 2. The van der Waals surface area contributed by atoms with Crippen LogP contribution in [0.25, 0.3) is 0 Å². The van der Waals surface area contributed by atoms with E-state index < -0.39 is 27.9 Å². The van der Waals surface area contributed by atoms with Crippen molar-refractivity contribution >= 4 is 21.9 Å². The Hall–Kier alpha value is -2.91. The van der Waals surface area contributed by atoms with E-state index >= 15 is 0 Å². The molecule has 0 fully saturated rings. The van der Waals surface area contributed by atoms with E-state index in [1.165, 1.54) is 19.1 Å². The Morgan fingerprint density at radius 1 is 1.07 bits per heavy atom. The first-order valence-corrected chi connectivity index (χ1v) is 10.0. The highest BCUT2D eigenvalue weighted by atomic mass is 32.2. The Labute approximate surface area is 163 Å². The average molecular weight is 406 g/mol. The lowest BCUT2D eigenvalue weighted by Crippen LogP contribution is -2.40. The Bertz CT molecular complexity index is 898. The van der Waals surface area contributed by atoms with Crippen LogP contribution in [0.4, 0.5) is 0 Å². The summed E-state index contributed by atoms with van der Waals surface area (Å²) in [5.74, 6) is -1.21. The van der Waals surface area contributed by atoms with Gasteiger partial charge in [-0.15, -0.1) is 0 Å². The van der Waals surface area contributed by atoms with Gasteiger partial charge in [-0.25, -0.2) is 13.1 Å². The monoisotopic (exact) mass is 406 g/mol. The first-order chi connectivity index (χ1) is 13.3. The number of rotatable bonds is 10. The summed E-state index contributed by atoms with van der Waals surface area (Å²) in [6.07, 6.45) is 0.489. The summed E-state index contributed by atoms with van der Waals surface area (Å²) in [7, 11) is -3.53. The van der Waals surface area contributed by atoms with Crippen molar-refractivity contribution in [2.45, 2.75) is 24.3 Å². The maximum atomic E-state index is 12.1. The highest BCUT2D eigenvalue weighted by Gasteiger charge is 2.14. The van der Waals surface area contributed by atoms with Crippen molar-refractivity contribution in [2.75, 3.05) is 13.2 Å². The highest BCUT2D eigenvalue weighted by Crippen LogP contribution is 2.13. The molecule has 1 amide bonds. The number of benzene rings is 2. The molecule has 0 aliphatic heterocycles. The number of hydrogen-bond donors (Lipinski definition) is 3. The number of carboxylic acids is 1. The van der Waals surface area contributed by atoms with Crippen LogP contribution < -0.4 is 14.8 Å². The van der Waals surface area contributed by atoms with Gasteiger partial charge in [-0.2, -0.15) is 0 Å². The molecule has 0 unspecified atom stereocenters. The molecule has 28 heavy (non-hydrogen) atoms. The molecule has 3 N–H and O–H groups in total. The zero-order chi connectivity index (χ0) is 20.6. The van der Waals surface area contributed by atoms with Gasteiger partial charge >= 0.3 is 5.97 Å². The van der Waals surface area contributed by atoms with Crippen molar-refractivity contribution < 1.29 is 27.9 Å². The van der Waals surface area contributed by atoms with Crippen LogP contribution in [0.2, 0.25) is 0 Å². The van der Waals surface area contributed by atoms with Gasteiger partial charge < -0.3 is 15.2 Å². The van der Waals surface area contributed by atoms with Gasteiger partial charge in [0, 0.05) is 6.54 Å². The minimum Gasteiger partial charge on any atom is -0.484 e. The van der Waals surface area contributed by atoms with E-state index in [1.807, 2.05) is 0 Å². The third-order valence-electron chi connectivity index (χ3n) is 3.80. The van der Waals surface area contributed by atoms with Gasteiger partial charge in [0.15, 0.2) is 6.61 Å². The molecule has 8 nitrogen and oxygen atoms in total. The largest absolute Gasteiger partial charge is 0.484 e. The maximum Gasteiger partial charge on any atom is 0.325 e. The number of sulfonamides is 1. The van der Waals surface area contributed by atoms with E-state index in [9.17, 15) is 18.0 Å². The van der Waals surface area contributed by atoms with Crippen molar-refractivity contribution in [3.63, 3.8) is 0 Å². The second-order valence-corrected chi connectivity index (χ2v) is 7.79. The molecule has 0 aromatic heterocycles. The summed E-state index contributed by atoms with van der Waals surface area (Å²) in [6.45, 7) is 1.31. The third kappa shape index (κ3) is 6.67. The summed E-state index contributed by atoms with van der Waals surface area (Å²) < 4.78 is 32.1. The predicted octanol–water partition coefficient (Wildman–Crippen LogP) is 1.18. The van der Waals surface area contributed by atoms with Gasteiger partial charge in [-0.3, -0.25) is 9.59 Å². The summed E-state index contributed by atoms with van der Waals surface area (Å²) in [5, 5.41) is 11.0. The van der Waals surface area contributed by atoms with Gasteiger partial charge in [-0.05, 0) is 43.2 Å². The number of aliphatic carboxylic acids is 1. The van der Waals surface area contributed by atoms with Crippen LogP contribution in [0, 0.1) is 0 Å². The van der Waals surface area contributed by atoms with Crippen LogP contribution in [-0.2, 0) is 26.0 Å². The smallest absolute Gasteiger partial charge is 0.325 e. The van der Waals surface area contributed by atoms with Gasteiger partial charge in [-0.1, -0.05) is 30.3 Å². The minimum absolute atomic E-state index is 0.217. The number of carbonyl (C=O) groups is 2.